The molecule has 1 aromatic heterocycles. The number of nitrogens with zero attached hydrogens (tertiary/aromatic N) is 2. The molecule has 94 valence electrons. The van der Waals surface area contributed by atoms with E-state index in [2.05, 4.69) is 35.9 Å². The van der Waals surface area contributed by atoms with Crippen LogP contribution in [0.5, 0.6) is 0 Å². The van der Waals surface area contributed by atoms with Crippen LogP contribution in [0.4, 0.5) is 5.82 Å². The summed E-state index contributed by atoms with van der Waals surface area (Å²) in [7, 11) is 0. The molecule has 3 heteroatoms. The normalized spacial score (nSPS) is 15.3. The summed E-state index contributed by atoms with van der Waals surface area (Å²) in [6.07, 6.45) is 5.52. The van der Waals surface area contributed by atoms with Crippen molar-refractivity contribution < 1.29 is 0 Å². The van der Waals surface area contributed by atoms with Crippen LogP contribution in [0.3, 0.4) is 0 Å². The standard InChI is InChI=1S/C14H23N3/c1-11(2)10-17(13-4-5-13)14-6-3-12(7-8-15)9-16-14/h3,6,9,11,13H,4-5,7-8,10,15H2,1-2H3. The first-order valence-electron chi connectivity index (χ1n) is 6.62. The van der Waals surface area contributed by atoms with Crippen molar-refractivity contribution in [1.82, 2.24) is 4.98 Å². The Balaban J connectivity index is 2.07. The molecule has 2 rings (SSSR count). The number of aromatic nitrogens is 1. The van der Waals surface area contributed by atoms with Crippen LogP contribution >= 0.6 is 0 Å². The molecule has 0 atom stereocenters. The minimum atomic E-state index is 0.682. The molecule has 1 aromatic rings. The molecule has 0 bridgehead atoms. The topological polar surface area (TPSA) is 42.1 Å². The Morgan fingerprint density at radius 3 is 2.65 bits per heavy atom. The highest BCUT2D eigenvalue weighted by molar-refractivity contribution is 5.42. The van der Waals surface area contributed by atoms with Gasteiger partial charge in [-0.25, -0.2) is 4.98 Å². The third-order valence-electron chi connectivity index (χ3n) is 3.09. The number of anilines is 1. The second kappa shape index (κ2) is 5.50. The molecule has 0 radical (unpaired) electrons. The Bertz CT molecular complexity index is 341. The predicted molar refractivity (Wildman–Crippen MR) is 72.2 cm³/mol. The zero-order valence-corrected chi connectivity index (χ0v) is 10.9. The lowest BCUT2D eigenvalue weighted by atomic mass is 10.2. The van der Waals surface area contributed by atoms with Crippen LogP contribution in [0.2, 0.25) is 0 Å². The summed E-state index contributed by atoms with van der Waals surface area (Å²) in [5.74, 6) is 1.81. The highest BCUT2D eigenvalue weighted by Gasteiger charge is 2.30. The van der Waals surface area contributed by atoms with E-state index < -0.39 is 0 Å². The van der Waals surface area contributed by atoms with E-state index in [9.17, 15) is 0 Å². The number of nitrogens with two attached hydrogens (primary N) is 1. The van der Waals surface area contributed by atoms with Crippen LogP contribution in [0, 0.1) is 5.92 Å². The van der Waals surface area contributed by atoms with E-state index in [-0.39, 0.29) is 0 Å². The fourth-order valence-corrected chi connectivity index (χ4v) is 2.11. The maximum Gasteiger partial charge on any atom is 0.128 e. The molecule has 0 aliphatic heterocycles. The third kappa shape index (κ3) is 3.43. The van der Waals surface area contributed by atoms with Crippen molar-refractivity contribution in [2.45, 2.75) is 39.2 Å². The van der Waals surface area contributed by atoms with Gasteiger partial charge in [-0.3, -0.25) is 0 Å². The van der Waals surface area contributed by atoms with Gasteiger partial charge in [0.2, 0.25) is 0 Å². The molecular weight excluding hydrogens is 210 g/mol. The summed E-state index contributed by atoms with van der Waals surface area (Å²) in [5, 5.41) is 0. The lowest BCUT2D eigenvalue weighted by Crippen LogP contribution is -2.30. The molecule has 1 fully saturated rings. The molecule has 0 saturated heterocycles. The van der Waals surface area contributed by atoms with E-state index in [1.807, 2.05) is 6.20 Å². The SMILES string of the molecule is CC(C)CN(c1ccc(CCN)cn1)C1CC1. The Morgan fingerprint density at radius 1 is 1.41 bits per heavy atom. The van der Waals surface area contributed by atoms with Crippen LogP contribution in [0.25, 0.3) is 0 Å². The fraction of sp³-hybridized carbons (Fsp3) is 0.643. The zero-order chi connectivity index (χ0) is 12.3. The highest BCUT2D eigenvalue weighted by atomic mass is 15.2. The molecule has 0 spiro atoms. The number of rotatable bonds is 6. The summed E-state index contributed by atoms with van der Waals surface area (Å²) in [6.45, 7) is 6.32. The summed E-state index contributed by atoms with van der Waals surface area (Å²) < 4.78 is 0. The van der Waals surface area contributed by atoms with Crippen molar-refractivity contribution in [1.29, 1.82) is 0 Å². The van der Waals surface area contributed by atoms with Gasteiger partial charge in [-0.15, -0.1) is 0 Å². The van der Waals surface area contributed by atoms with Gasteiger partial charge in [-0.05, 0) is 43.4 Å². The second-order valence-electron chi connectivity index (χ2n) is 5.34. The second-order valence-corrected chi connectivity index (χ2v) is 5.34. The van der Waals surface area contributed by atoms with Gasteiger partial charge in [-0.1, -0.05) is 19.9 Å². The Morgan fingerprint density at radius 2 is 2.18 bits per heavy atom. The summed E-state index contributed by atoms with van der Waals surface area (Å²) in [4.78, 5) is 7.04. The number of hydrogen-bond donors (Lipinski definition) is 1. The smallest absolute Gasteiger partial charge is 0.128 e. The highest BCUT2D eigenvalue weighted by Crippen LogP contribution is 2.31. The maximum absolute atomic E-state index is 5.54. The van der Waals surface area contributed by atoms with Crippen molar-refractivity contribution in [2.75, 3.05) is 18.0 Å². The lowest BCUT2D eigenvalue weighted by Gasteiger charge is -2.25. The van der Waals surface area contributed by atoms with Gasteiger partial charge in [0.05, 0.1) is 0 Å². The first-order valence-corrected chi connectivity index (χ1v) is 6.62. The van der Waals surface area contributed by atoms with Gasteiger partial charge in [-0.2, -0.15) is 0 Å². The van der Waals surface area contributed by atoms with Crippen LogP contribution < -0.4 is 10.6 Å². The summed E-state index contributed by atoms with van der Waals surface area (Å²) >= 11 is 0. The minimum absolute atomic E-state index is 0.682. The molecule has 1 aliphatic carbocycles. The van der Waals surface area contributed by atoms with Gasteiger partial charge in [0, 0.05) is 18.8 Å². The molecule has 1 aliphatic rings. The molecule has 0 amide bonds. The van der Waals surface area contributed by atoms with Crippen molar-refractivity contribution in [2.24, 2.45) is 11.7 Å². The molecule has 17 heavy (non-hydrogen) atoms. The van der Waals surface area contributed by atoms with Crippen molar-refractivity contribution in [3.05, 3.63) is 23.9 Å². The van der Waals surface area contributed by atoms with Crippen molar-refractivity contribution in [3.8, 4) is 0 Å². The van der Waals surface area contributed by atoms with Gasteiger partial charge in [0.25, 0.3) is 0 Å². The first-order chi connectivity index (χ1) is 8.20. The summed E-state index contributed by atoms with van der Waals surface area (Å²) in [5.41, 5.74) is 6.78. The Hall–Kier alpha value is -1.09. The molecule has 0 unspecified atom stereocenters. The molecular formula is C14H23N3. The monoisotopic (exact) mass is 233 g/mol. The zero-order valence-electron chi connectivity index (χ0n) is 10.9. The van der Waals surface area contributed by atoms with E-state index in [1.165, 1.54) is 18.4 Å². The summed E-state index contributed by atoms with van der Waals surface area (Å²) in [6, 6.07) is 5.03. The number of pyridine rings is 1. The molecule has 1 saturated carbocycles. The van der Waals surface area contributed by atoms with Crippen molar-refractivity contribution in [3.63, 3.8) is 0 Å². The van der Waals surface area contributed by atoms with Gasteiger partial charge in [0.15, 0.2) is 0 Å². The van der Waals surface area contributed by atoms with Crippen molar-refractivity contribution >= 4 is 5.82 Å². The quantitative estimate of drug-likeness (QED) is 0.819. The van der Waals surface area contributed by atoms with Gasteiger partial charge < -0.3 is 10.6 Å². The average Bonchev–Trinajstić information content (AvgIpc) is 3.11. The first kappa shape index (κ1) is 12.4. The maximum atomic E-state index is 5.54. The third-order valence-corrected chi connectivity index (χ3v) is 3.09. The van der Waals surface area contributed by atoms with Crippen LogP contribution in [-0.2, 0) is 6.42 Å². The minimum Gasteiger partial charge on any atom is -0.353 e. The van der Waals surface area contributed by atoms with Gasteiger partial charge in [0.1, 0.15) is 5.82 Å². The number of hydrogen-bond acceptors (Lipinski definition) is 3. The molecule has 3 nitrogen and oxygen atoms in total. The lowest BCUT2D eigenvalue weighted by molar-refractivity contribution is 0.602. The Labute approximate surface area is 104 Å². The van der Waals surface area contributed by atoms with Crippen LogP contribution in [0.1, 0.15) is 32.3 Å². The largest absolute Gasteiger partial charge is 0.353 e. The van der Waals surface area contributed by atoms with Crippen LogP contribution in [-0.4, -0.2) is 24.1 Å². The van der Waals surface area contributed by atoms with Crippen LogP contribution in [0.15, 0.2) is 18.3 Å². The average molecular weight is 233 g/mol. The van der Waals surface area contributed by atoms with E-state index in [0.717, 1.165) is 24.8 Å². The van der Waals surface area contributed by atoms with E-state index in [4.69, 9.17) is 5.73 Å². The van der Waals surface area contributed by atoms with Gasteiger partial charge >= 0.3 is 0 Å². The van der Waals surface area contributed by atoms with E-state index >= 15 is 0 Å². The predicted octanol–water partition coefficient (Wildman–Crippen LogP) is 2.21. The molecule has 1 heterocycles. The van der Waals surface area contributed by atoms with E-state index in [1.54, 1.807) is 0 Å². The Kier molecular flexibility index (Phi) is 4.00. The fourth-order valence-electron chi connectivity index (χ4n) is 2.11. The molecule has 2 N–H and O–H groups in total. The molecule has 0 aromatic carbocycles. The van der Waals surface area contributed by atoms with E-state index in [0.29, 0.717) is 12.5 Å².